The number of hydrogen-bond acceptors (Lipinski definition) is 2. The Balaban J connectivity index is 1.88. The van der Waals surface area contributed by atoms with Crippen LogP contribution in [0.1, 0.15) is 42.1 Å². The zero-order valence-electron chi connectivity index (χ0n) is 10.6. The molecular formula is C15H18N2O. The highest BCUT2D eigenvalue weighted by molar-refractivity contribution is 5.37. The highest BCUT2D eigenvalue weighted by Gasteiger charge is 2.29. The van der Waals surface area contributed by atoms with Gasteiger partial charge < -0.3 is 5.11 Å². The summed E-state index contributed by atoms with van der Waals surface area (Å²) in [5.41, 5.74) is 3.61. The van der Waals surface area contributed by atoms with Gasteiger partial charge in [-0.15, -0.1) is 0 Å². The number of aliphatic hydroxyl groups is 1. The molecule has 1 heterocycles. The van der Waals surface area contributed by atoms with Crippen molar-refractivity contribution >= 4 is 0 Å². The van der Waals surface area contributed by atoms with E-state index in [1.165, 1.54) is 11.1 Å². The summed E-state index contributed by atoms with van der Waals surface area (Å²) in [6, 6.07) is 8.43. The van der Waals surface area contributed by atoms with Gasteiger partial charge in [-0.05, 0) is 30.9 Å². The molecule has 2 aromatic rings. The summed E-state index contributed by atoms with van der Waals surface area (Å²) in [5.74, 6) is 0.218. The van der Waals surface area contributed by atoms with Gasteiger partial charge in [0.2, 0.25) is 0 Å². The Morgan fingerprint density at radius 2 is 2.28 bits per heavy atom. The van der Waals surface area contributed by atoms with Crippen LogP contribution in [0.25, 0.3) is 0 Å². The summed E-state index contributed by atoms with van der Waals surface area (Å²) in [7, 11) is 0. The van der Waals surface area contributed by atoms with Crippen molar-refractivity contribution in [3.63, 3.8) is 0 Å². The van der Waals surface area contributed by atoms with E-state index in [0.717, 1.165) is 24.9 Å². The number of nitrogens with zero attached hydrogens (tertiary/aromatic N) is 2. The summed E-state index contributed by atoms with van der Waals surface area (Å²) in [6.07, 6.45) is 5.40. The van der Waals surface area contributed by atoms with Crippen molar-refractivity contribution in [1.29, 1.82) is 0 Å². The van der Waals surface area contributed by atoms with Crippen LogP contribution >= 0.6 is 0 Å². The first kappa shape index (κ1) is 11.5. The number of fused-ring (bicyclic) bond motifs is 1. The van der Waals surface area contributed by atoms with Gasteiger partial charge in [-0.2, -0.15) is 5.10 Å². The molecule has 1 aliphatic rings. The third kappa shape index (κ3) is 1.85. The molecule has 2 atom stereocenters. The lowest BCUT2D eigenvalue weighted by molar-refractivity contribution is 0.145. The first-order valence-electron chi connectivity index (χ1n) is 6.58. The molecule has 0 bridgehead atoms. The van der Waals surface area contributed by atoms with Crippen molar-refractivity contribution in [2.24, 2.45) is 0 Å². The Bertz CT molecular complexity index is 547. The number of aromatic nitrogens is 2. The van der Waals surface area contributed by atoms with E-state index in [0.29, 0.717) is 0 Å². The Hall–Kier alpha value is -1.61. The number of rotatable bonds is 3. The van der Waals surface area contributed by atoms with E-state index in [4.69, 9.17) is 0 Å². The van der Waals surface area contributed by atoms with Gasteiger partial charge in [0.25, 0.3) is 0 Å². The molecule has 3 heteroatoms. The molecule has 3 rings (SSSR count). The molecule has 3 nitrogen and oxygen atoms in total. The van der Waals surface area contributed by atoms with E-state index in [9.17, 15) is 5.11 Å². The Labute approximate surface area is 107 Å². The fourth-order valence-electron chi connectivity index (χ4n) is 2.86. The molecular weight excluding hydrogens is 224 g/mol. The Morgan fingerprint density at radius 3 is 3.06 bits per heavy atom. The van der Waals surface area contributed by atoms with Gasteiger partial charge in [0.15, 0.2) is 0 Å². The predicted octanol–water partition coefficient (Wildman–Crippen LogP) is 2.67. The second-order valence-electron chi connectivity index (χ2n) is 4.92. The molecule has 0 aliphatic heterocycles. The first-order chi connectivity index (χ1) is 8.79. The summed E-state index contributed by atoms with van der Waals surface area (Å²) in [4.78, 5) is 0. The monoisotopic (exact) mass is 242 g/mol. The molecule has 0 amide bonds. The van der Waals surface area contributed by atoms with Crippen molar-refractivity contribution in [2.75, 3.05) is 0 Å². The zero-order valence-corrected chi connectivity index (χ0v) is 10.6. The minimum absolute atomic E-state index is 0.218. The number of hydrogen-bond donors (Lipinski definition) is 1. The molecule has 1 N–H and O–H groups in total. The summed E-state index contributed by atoms with van der Waals surface area (Å²) < 4.78 is 1.86. The molecule has 0 fully saturated rings. The summed E-state index contributed by atoms with van der Waals surface area (Å²) >= 11 is 0. The molecule has 2 unspecified atom stereocenters. The quantitative estimate of drug-likeness (QED) is 0.898. The molecule has 0 spiro atoms. The molecule has 1 aliphatic carbocycles. The van der Waals surface area contributed by atoms with E-state index in [-0.39, 0.29) is 5.92 Å². The van der Waals surface area contributed by atoms with Crippen LogP contribution in [0.4, 0.5) is 0 Å². The maximum atomic E-state index is 10.5. The largest absolute Gasteiger partial charge is 0.388 e. The van der Waals surface area contributed by atoms with Crippen molar-refractivity contribution in [2.45, 2.75) is 38.3 Å². The molecule has 0 radical (unpaired) electrons. The van der Waals surface area contributed by atoms with Crippen LogP contribution in [0.3, 0.4) is 0 Å². The lowest BCUT2D eigenvalue weighted by Crippen LogP contribution is -2.07. The molecule has 18 heavy (non-hydrogen) atoms. The van der Waals surface area contributed by atoms with Gasteiger partial charge in [-0.25, -0.2) is 0 Å². The number of benzene rings is 1. The third-order valence-electron chi connectivity index (χ3n) is 3.88. The van der Waals surface area contributed by atoms with Gasteiger partial charge in [-0.1, -0.05) is 24.3 Å². The third-order valence-corrected chi connectivity index (χ3v) is 3.88. The van der Waals surface area contributed by atoms with Crippen LogP contribution in [0.5, 0.6) is 0 Å². The van der Waals surface area contributed by atoms with Gasteiger partial charge in [0.1, 0.15) is 0 Å². The number of aryl methyl sites for hydroxylation is 2. The van der Waals surface area contributed by atoms with Gasteiger partial charge in [0, 0.05) is 24.2 Å². The minimum atomic E-state index is -0.436. The summed E-state index contributed by atoms with van der Waals surface area (Å²) in [5, 5.41) is 14.8. The summed E-state index contributed by atoms with van der Waals surface area (Å²) in [6.45, 7) is 2.89. The van der Waals surface area contributed by atoms with Crippen LogP contribution in [-0.2, 0) is 13.0 Å². The van der Waals surface area contributed by atoms with Crippen molar-refractivity contribution < 1.29 is 5.11 Å². The fraction of sp³-hybridized carbons (Fsp3) is 0.400. The van der Waals surface area contributed by atoms with E-state index >= 15 is 0 Å². The van der Waals surface area contributed by atoms with E-state index in [1.54, 1.807) is 6.20 Å². The average Bonchev–Trinajstić information content (AvgIpc) is 3.04. The van der Waals surface area contributed by atoms with E-state index in [1.807, 2.05) is 17.8 Å². The maximum Gasteiger partial charge on any atom is 0.0889 e. The van der Waals surface area contributed by atoms with Crippen molar-refractivity contribution in [3.8, 4) is 0 Å². The average molecular weight is 242 g/mol. The molecule has 0 saturated carbocycles. The van der Waals surface area contributed by atoms with Gasteiger partial charge >= 0.3 is 0 Å². The number of aliphatic hydroxyl groups excluding tert-OH is 1. The Kier molecular flexibility index (Phi) is 2.92. The zero-order chi connectivity index (χ0) is 12.5. The Morgan fingerprint density at radius 1 is 1.44 bits per heavy atom. The molecule has 0 saturated heterocycles. The van der Waals surface area contributed by atoms with Crippen LogP contribution in [0.15, 0.2) is 36.7 Å². The highest BCUT2D eigenvalue weighted by atomic mass is 16.3. The van der Waals surface area contributed by atoms with E-state index < -0.39 is 6.10 Å². The molecule has 1 aromatic heterocycles. The highest BCUT2D eigenvalue weighted by Crippen LogP contribution is 2.41. The normalized spacial score (nSPS) is 19.8. The minimum Gasteiger partial charge on any atom is -0.388 e. The standard InChI is InChI=1S/C15H18N2O/c1-2-17-10-12(9-16-17)15(18)14-8-7-11-5-3-4-6-13(11)14/h3-6,9-10,14-15,18H,2,7-8H2,1H3. The molecule has 1 aromatic carbocycles. The lowest BCUT2D eigenvalue weighted by atomic mass is 9.92. The topological polar surface area (TPSA) is 38.0 Å². The van der Waals surface area contributed by atoms with Crippen LogP contribution in [0.2, 0.25) is 0 Å². The SMILES string of the molecule is CCn1cc(C(O)C2CCc3ccccc32)cn1. The van der Waals surface area contributed by atoms with Crippen LogP contribution < -0.4 is 0 Å². The van der Waals surface area contributed by atoms with Crippen molar-refractivity contribution in [3.05, 3.63) is 53.3 Å². The van der Waals surface area contributed by atoms with Gasteiger partial charge in [0.05, 0.1) is 12.3 Å². The van der Waals surface area contributed by atoms with E-state index in [2.05, 4.69) is 29.4 Å². The van der Waals surface area contributed by atoms with Crippen LogP contribution in [-0.4, -0.2) is 14.9 Å². The predicted molar refractivity (Wildman–Crippen MR) is 70.4 cm³/mol. The lowest BCUT2D eigenvalue weighted by Gasteiger charge is -2.17. The first-order valence-corrected chi connectivity index (χ1v) is 6.58. The second kappa shape index (κ2) is 4.58. The molecule has 94 valence electrons. The van der Waals surface area contributed by atoms with Crippen molar-refractivity contribution in [1.82, 2.24) is 9.78 Å². The van der Waals surface area contributed by atoms with Crippen LogP contribution in [0, 0.1) is 0 Å². The smallest absolute Gasteiger partial charge is 0.0889 e. The van der Waals surface area contributed by atoms with Gasteiger partial charge in [-0.3, -0.25) is 4.68 Å². The maximum absolute atomic E-state index is 10.5. The fourth-order valence-corrected chi connectivity index (χ4v) is 2.86. The second-order valence-corrected chi connectivity index (χ2v) is 4.92.